The Bertz CT molecular complexity index is 593. The molecule has 1 nitrogen and oxygen atoms in total. The lowest BCUT2D eigenvalue weighted by atomic mass is 9.97. The summed E-state index contributed by atoms with van der Waals surface area (Å²) in [5.74, 6) is 1.39. The van der Waals surface area contributed by atoms with Crippen molar-refractivity contribution in [3.8, 4) is 10.4 Å². The van der Waals surface area contributed by atoms with Gasteiger partial charge in [-0.15, -0.1) is 11.3 Å². The van der Waals surface area contributed by atoms with Crippen LogP contribution in [0.3, 0.4) is 0 Å². The summed E-state index contributed by atoms with van der Waals surface area (Å²) in [6.45, 7) is 5.48. The molecule has 1 heterocycles. The molecule has 0 aliphatic heterocycles. The van der Waals surface area contributed by atoms with Crippen molar-refractivity contribution < 1.29 is 4.39 Å². The van der Waals surface area contributed by atoms with Crippen LogP contribution in [0.15, 0.2) is 35.7 Å². The van der Waals surface area contributed by atoms with Gasteiger partial charge in [-0.25, -0.2) is 4.39 Å². The Morgan fingerprint density at radius 1 is 1.24 bits per heavy atom. The number of benzene rings is 1. The van der Waals surface area contributed by atoms with E-state index in [4.69, 9.17) is 0 Å². The van der Waals surface area contributed by atoms with Gasteiger partial charge in [0.1, 0.15) is 5.82 Å². The summed E-state index contributed by atoms with van der Waals surface area (Å²) < 4.78 is 14.0. The second kappa shape index (κ2) is 6.29. The summed E-state index contributed by atoms with van der Waals surface area (Å²) in [4.78, 5) is 0.997. The van der Waals surface area contributed by atoms with E-state index in [2.05, 4.69) is 19.2 Å². The second-order valence-electron chi connectivity index (χ2n) is 6.19. The summed E-state index contributed by atoms with van der Waals surface area (Å²) in [5.41, 5.74) is 1.88. The number of hydrogen-bond donors (Lipinski definition) is 1. The first kappa shape index (κ1) is 14.7. The zero-order valence-corrected chi connectivity index (χ0v) is 13.4. The summed E-state index contributed by atoms with van der Waals surface area (Å²) in [6.07, 6.45) is 2.56. The average molecular weight is 303 g/mol. The Balaban J connectivity index is 1.71. The lowest BCUT2D eigenvalue weighted by Crippen LogP contribution is -2.31. The predicted molar refractivity (Wildman–Crippen MR) is 87.9 cm³/mol. The molecule has 3 unspecified atom stereocenters. The second-order valence-corrected chi connectivity index (χ2v) is 7.14. The molecule has 0 bridgehead atoms. The lowest BCUT2D eigenvalue weighted by molar-refractivity contribution is 0.370. The number of nitrogens with one attached hydrogen (secondary N) is 1. The van der Waals surface area contributed by atoms with Gasteiger partial charge in [-0.3, -0.25) is 0 Å². The van der Waals surface area contributed by atoms with Gasteiger partial charge in [0.25, 0.3) is 0 Å². The molecule has 0 spiro atoms. The third-order valence-corrected chi connectivity index (χ3v) is 5.75. The zero-order chi connectivity index (χ0) is 14.8. The molecule has 1 aromatic carbocycles. The van der Waals surface area contributed by atoms with E-state index in [0.717, 1.165) is 34.4 Å². The van der Waals surface area contributed by atoms with Gasteiger partial charge < -0.3 is 5.32 Å². The van der Waals surface area contributed by atoms with Crippen molar-refractivity contribution in [2.45, 2.75) is 39.3 Å². The van der Waals surface area contributed by atoms with Crippen LogP contribution in [0.25, 0.3) is 10.4 Å². The van der Waals surface area contributed by atoms with E-state index < -0.39 is 0 Å². The highest BCUT2D eigenvalue weighted by Gasteiger charge is 2.29. The first-order valence-electron chi connectivity index (χ1n) is 7.71. The largest absolute Gasteiger partial charge is 0.310 e. The standard InChI is InChI=1S/C18H22FNS/c1-12-5-8-17(13(12)2)20-11-14-6-7-16(19)15(10-14)18-4-3-9-21-18/h3-4,6-7,9-10,12-13,17,20H,5,8,11H2,1-2H3. The maximum Gasteiger partial charge on any atom is 0.131 e. The van der Waals surface area contributed by atoms with Crippen LogP contribution in [0.4, 0.5) is 4.39 Å². The molecule has 3 heteroatoms. The number of hydrogen-bond acceptors (Lipinski definition) is 2. The molecule has 3 atom stereocenters. The minimum atomic E-state index is -0.135. The molecule has 1 aliphatic carbocycles. The van der Waals surface area contributed by atoms with Crippen molar-refractivity contribution in [3.05, 3.63) is 47.1 Å². The quantitative estimate of drug-likeness (QED) is 0.830. The predicted octanol–water partition coefficient (Wildman–Crippen LogP) is 5.08. The minimum Gasteiger partial charge on any atom is -0.310 e. The molecule has 21 heavy (non-hydrogen) atoms. The van der Waals surface area contributed by atoms with Crippen LogP contribution in [0, 0.1) is 17.7 Å². The zero-order valence-electron chi connectivity index (χ0n) is 12.6. The fourth-order valence-corrected chi connectivity index (χ4v) is 3.95. The van der Waals surface area contributed by atoms with E-state index in [1.807, 2.05) is 29.6 Å². The van der Waals surface area contributed by atoms with Crippen LogP contribution >= 0.6 is 11.3 Å². The van der Waals surface area contributed by atoms with Gasteiger partial charge in [-0.1, -0.05) is 26.0 Å². The van der Waals surface area contributed by atoms with Gasteiger partial charge in [0, 0.05) is 23.0 Å². The third-order valence-electron chi connectivity index (χ3n) is 4.85. The molecule has 0 saturated heterocycles. The molecular formula is C18H22FNS. The van der Waals surface area contributed by atoms with Crippen LogP contribution in [0.2, 0.25) is 0 Å². The van der Waals surface area contributed by atoms with Gasteiger partial charge >= 0.3 is 0 Å². The van der Waals surface area contributed by atoms with Gasteiger partial charge in [-0.2, -0.15) is 0 Å². The number of halogens is 1. The molecule has 1 N–H and O–H groups in total. The third kappa shape index (κ3) is 3.19. The van der Waals surface area contributed by atoms with Gasteiger partial charge in [-0.05, 0) is 53.8 Å². The van der Waals surface area contributed by atoms with Crippen molar-refractivity contribution in [1.82, 2.24) is 5.32 Å². The summed E-state index contributed by atoms with van der Waals surface area (Å²) in [6, 6.07) is 10.00. The SMILES string of the molecule is CC1CCC(NCc2ccc(F)c(-c3cccs3)c2)C1C. The minimum absolute atomic E-state index is 0.135. The van der Waals surface area contributed by atoms with Crippen LogP contribution in [0.5, 0.6) is 0 Å². The molecule has 0 amide bonds. The Morgan fingerprint density at radius 3 is 2.76 bits per heavy atom. The molecule has 3 rings (SSSR count). The summed E-state index contributed by atoms with van der Waals surface area (Å²) in [5, 5.41) is 5.64. The van der Waals surface area contributed by atoms with Crippen molar-refractivity contribution in [3.63, 3.8) is 0 Å². The van der Waals surface area contributed by atoms with Crippen molar-refractivity contribution in [2.75, 3.05) is 0 Å². The van der Waals surface area contributed by atoms with E-state index in [-0.39, 0.29) is 5.82 Å². The van der Waals surface area contributed by atoms with Crippen LogP contribution in [-0.2, 0) is 6.54 Å². The molecular weight excluding hydrogens is 281 g/mol. The highest BCUT2D eigenvalue weighted by molar-refractivity contribution is 7.13. The first-order valence-corrected chi connectivity index (χ1v) is 8.59. The Hall–Kier alpha value is -1.19. The fraction of sp³-hybridized carbons (Fsp3) is 0.444. The van der Waals surface area contributed by atoms with Crippen molar-refractivity contribution in [1.29, 1.82) is 0 Å². The molecule has 1 aliphatic rings. The maximum absolute atomic E-state index is 14.0. The first-order chi connectivity index (χ1) is 10.1. The van der Waals surface area contributed by atoms with Gasteiger partial charge in [0.2, 0.25) is 0 Å². The Morgan fingerprint density at radius 2 is 2.10 bits per heavy atom. The van der Waals surface area contributed by atoms with Crippen LogP contribution < -0.4 is 5.32 Å². The smallest absolute Gasteiger partial charge is 0.131 e. The Kier molecular flexibility index (Phi) is 4.41. The normalized spacial score (nSPS) is 25.4. The van der Waals surface area contributed by atoms with E-state index in [1.54, 1.807) is 17.4 Å². The highest BCUT2D eigenvalue weighted by Crippen LogP contribution is 2.32. The highest BCUT2D eigenvalue weighted by atomic mass is 32.1. The molecule has 1 fully saturated rings. The van der Waals surface area contributed by atoms with Crippen molar-refractivity contribution in [2.24, 2.45) is 11.8 Å². The van der Waals surface area contributed by atoms with E-state index in [1.165, 1.54) is 12.8 Å². The van der Waals surface area contributed by atoms with E-state index in [9.17, 15) is 4.39 Å². The van der Waals surface area contributed by atoms with Crippen LogP contribution in [0.1, 0.15) is 32.3 Å². The molecule has 112 valence electrons. The van der Waals surface area contributed by atoms with Crippen molar-refractivity contribution >= 4 is 11.3 Å². The number of rotatable bonds is 4. The maximum atomic E-state index is 14.0. The summed E-state index contributed by atoms with van der Waals surface area (Å²) in [7, 11) is 0. The lowest BCUT2D eigenvalue weighted by Gasteiger charge is -2.20. The topological polar surface area (TPSA) is 12.0 Å². The average Bonchev–Trinajstić information content (AvgIpc) is 3.11. The van der Waals surface area contributed by atoms with Gasteiger partial charge in [0.05, 0.1) is 0 Å². The summed E-state index contributed by atoms with van der Waals surface area (Å²) >= 11 is 1.58. The van der Waals surface area contributed by atoms with E-state index in [0.29, 0.717) is 6.04 Å². The molecule has 2 aromatic rings. The fourth-order valence-electron chi connectivity index (χ4n) is 3.20. The van der Waals surface area contributed by atoms with E-state index >= 15 is 0 Å². The monoisotopic (exact) mass is 303 g/mol. The van der Waals surface area contributed by atoms with Crippen LogP contribution in [-0.4, -0.2) is 6.04 Å². The molecule has 0 radical (unpaired) electrons. The molecule has 1 aromatic heterocycles. The molecule has 1 saturated carbocycles. The van der Waals surface area contributed by atoms with Gasteiger partial charge in [0.15, 0.2) is 0 Å². The number of thiophene rings is 1. The Labute approximate surface area is 130 Å².